The fourth-order valence-electron chi connectivity index (χ4n) is 2.94. The van der Waals surface area contributed by atoms with Gasteiger partial charge in [0.05, 0.1) is 5.75 Å². The van der Waals surface area contributed by atoms with Gasteiger partial charge < -0.3 is 4.90 Å². The number of aryl methyl sites for hydroxylation is 1. The topological polar surface area (TPSA) is 70.6 Å². The fourth-order valence-corrected chi connectivity index (χ4v) is 5.33. The number of sulfone groups is 1. The molecule has 28 heavy (non-hydrogen) atoms. The van der Waals surface area contributed by atoms with Crippen LogP contribution in [0.15, 0.2) is 34.0 Å². The number of thiazole rings is 1. The van der Waals surface area contributed by atoms with Crippen LogP contribution < -0.4 is 0 Å². The van der Waals surface area contributed by atoms with Crippen LogP contribution in [0.5, 0.6) is 0 Å². The summed E-state index contributed by atoms with van der Waals surface area (Å²) in [6, 6.07) is 7.79. The van der Waals surface area contributed by atoms with Crippen LogP contribution in [0.3, 0.4) is 0 Å². The molecule has 0 bridgehead atoms. The quantitative estimate of drug-likeness (QED) is 0.618. The van der Waals surface area contributed by atoms with Crippen molar-refractivity contribution in [2.75, 3.05) is 44.7 Å². The lowest BCUT2D eigenvalue weighted by atomic mass is 10.1. The fraction of sp³-hybridized carbons (Fsp3) is 0.474. The summed E-state index contributed by atoms with van der Waals surface area (Å²) in [5, 5.41) is 2.05. The molecule has 2 aromatic rings. The second-order valence-corrected chi connectivity index (χ2v) is 11.3. The van der Waals surface area contributed by atoms with Gasteiger partial charge in [0.1, 0.15) is 14.2 Å². The van der Waals surface area contributed by atoms with Gasteiger partial charge in [-0.3, -0.25) is 9.69 Å². The van der Waals surface area contributed by atoms with Gasteiger partial charge in [-0.05, 0) is 24.6 Å². The predicted molar refractivity (Wildman–Crippen MR) is 115 cm³/mol. The van der Waals surface area contributed by atoms with Crippen LogP contribution in [0.4, 0.5) is 0 Å². The molecular formula is C19H25N3O3S3. The third-order valence-electron chi connectivity index (χ3n) is 4.60. The summed E-state index contributed by atoms with van der Waals surface area (Å²) in [4.78, 5) is 21.1. The first kappa shape index (κ1) is 21.3. The van der Waals surface area contributed by atoms with Crippen LogP contribution in [0, 0.1) is 6.92 Å². The van der Waals surface area contributed by atoms with Gasteiger partial charge in [0.25, 0.3) is 5.91 Å². The highest BCUT2D eigenvalue weighted by atomic mass is 32.2. The van der Waals surface area contributed by atoms with Gasteiger partial charge in [-0.15, -0.1) is 11.3 Å². The van der Waals surface area contributed by atoms with Crippen LogP contribution in [0.2, 0.25) is 0 Å². The lowest BCUT2D eigenvalue weighted by molar-refractivity contribution is 0.0644. The second-order valence-electron chi connectivity index (χ2n) is 7.00. The number of benzene rings is 1. The Kier molecular flexibility index (Phi) is 7.14. The molecule has 0 atom stereocenters. The first-order valence-corrected chi connectivity index (χ1v) is 13.1. The third kappa shape index (κ3) is 6.30. The molecule has 1 fully saturated rings. The van der Waals surface area contributed by atoms with Gasteiger partial charge in [0.2, 0.25) is 0 Å². The average molecular weight is 440 g/mol. The highest BCUT2D eigenvalue weighted by Crippen LogP contribution is 2.26. The molecule has 1 saturated heterocycles. The number of hydrogen-bond donors (Lipinski definition) is 0. The van der Waals surface area contributed by atoms with E-state index < -0.39 is 9.84 Å². The van der Waals surface area contributed by atoms with Crippen LogP contribution in [-0.2, 0) is 15.6 Å². The molecule has 1 aromatic heterocycles. The van der Waals surface area contributed by atoms with Crippen LogP contribution in [-0.4, -0.2) is 73.8 Å². The maximum absolute atomic E-state index is 12.7. The molecule has 9 heteroatoms. The van der Waals surface area contributed by atoms with Crippen molar-refractivity contribution in [1.82, 2.24) is 14.8 Å². The van der Waals surface area contributed by atoms with Gasteiger partial charge in [-0.1, -0.05) is 23.9 Å². The minimum absolute atomic E-state index is 0.0394. The molecule has 2 heterocycles. The van der Waals surface area contributed by atoms with Crippen molar-refractivity contribution < 1.29 is 13.2 Å². The molecule has 1 aliphatic rings. The molecule has 0 N–H and O–H groups in total. The maximum atomic E-state index is 12.7. The van der Waals surface area contributed by atoms with Gasteiger partial charge in [0.15, 0.2) is 0 Å². The monoisotopic (exact) mass is 439 g/mol. The number of nitrogens with zero attached hydrogens (tertiary/aromatic N) is 3. The van der Waals surface area contributed by atoms with Crippen molar-refractivity contribution in [3.63, 3.8) is 0 Å². The van der Waals surface area contributed by atoms with Crippen molar-refractivity contribution in [2.24, 2.45) is 0 Å². The van der Waals surface area contributed by atoms with Gasteiger partial charge in [-0.25, -0.2) is 13.4 Å². The molecule has 3 rings (SSSR count). The summed E-state index contributed by atoms with van der Waals surface area (Å²) in [5.41, 5.74) is 2.91. The van der Waals surface area contributed by atoms with Gasteiger partial charge >= 0.3 is 0 Å². The number of hydrogen-bond acceptors (Lipinski definition) is 7. The molecule has 0 spiro atoms. The van der Waals surface area contributed by atoms with Gasteiger partial charge in [-0.2, -0.15) is 0 Å². The van der Waals surface area contributed by atoms with E-state index in [4.69, 9.17) is 0 Å². The lowest BCUT2D eigenvalue weighted by Crippen LogP contribution is -2.49. The normalized spacial score (nSPS) is 15.7. The van der Waals surface area contributed by atoms with Crippen LogP contribution in [0.25, 0.3) is 0 Å². The van der Waals surface area contributed by atoms with E-state index in [0.717, 1.165) is 15.8 Å². The number of amides is 1. The zero-order chi connectivity index (χ0) is 20.1. The average Bonchev–Trinajstić information content (AvgIpc) is 3.10. The summed E-state index contributed by atoms with van der Waals surface area (Å²) < 4.78 is 23.6. The number of piperazine rings is 1. The Morgan fingerprint density at radius 2 is 1.86 bits per heavy atom. The van der Waals surface area contributed by atoms with Crippen LogP contribution in [0.1, 0.15) is 21.6 Å². The number of aromatic nitrogens is 1. The highest BCUT2D eigenvalue weighted by Gasteiger charge is 2.22. The minimum atomic E-state index is -2.95. The Balaban J connectivity index is 1.48. The lowest BCUT2D eigenvalue weighted by Gasteiger charge is -2.34. The van der Waals surface area contributed by atoms with E-state index >= 15 is 0 Å². The molecule has 0 radical (unpaired) electrons. The summed E-state index contributed by atoms with van der Waals surface area (Å²) >= 11 is 3.36. The molecule has 0 saturated carbocycles. The number of rotatable bonds is 7. The van der Waals surface area contributed by atoms with Crippen molar-refractivity contribution in [1.29, 1.82) is 0 Å². The van der Waals surface area contributed by atoms with E-state index in [1.54, 1.807) is 23.1 Å². The number of carbonyl (C=O) groups is 1. The minimum Gasteiger partial charge on any atom is -0.336 e. The zero-order valence-electron chi connectivity index (χ0n) is 16.1. The summed E-state index contributed by atoms with van der Waals surface area (Å²) in [6.45, 7) is 5.21. The third-order valence-corrected chi connectivity index (χ3v) is 7.73. The summed E-state index contributed by atoms with van der Waals surface area (Å²) in [5.74, 6) is 1.04. The molecule has 0 aliphatic carbocycles. The molecule has 6 nitrogen and oxygen atoms in total. The molecular weight excluding hydrogens is 414 g/mol. The predicted octanol–water partition coefficient (Wildman–Crippen LogP) is 2.55. The molecule has 0 unspecified atom stereocenters. The van der Waals surface area contributed by atoms with E-state index in [-0.39, 0.29) is 11.7 Å². The highest BCUT2D eigenvalue weighted by molar-refractivity contribution is 8.00. The first-order chi connectivity index (χ1) is 13.3. The summed E-state index contributed by atoms with van der Waals surface area (Å²) in [6.07, 6.45) is 1.26. The van der Waals surface area contributed by atoms with Crippen molar-refractivity contribution in [3.05, 3.63) is 46.5 Å². The molecule has 1 aliphatic heterocycles. The second kappa shape index (κ2) is 9.39. The molecule has 1 aromatic carbocycles. The summed E-state index contributed by atoms with van der Waals surface area (Å²) in [7, 11) is -2.95. The van der Waals surface area contributed by atoms with E-state index in [0.29, 0.717) is 38.3 Å². The van der Waals surface area contributed by atoms with Crippen molar-refractivity contribution in [2.45, 2.75) is 17.0 Å². The van der Waals surface area contributed by atoms with Gasteiger partial charge in [0, 0.05) is 61.4 Å². The first-order valence-electron chi connectivity index (χ1n) is 9.13. The Morgan fingerprint density at radius 1 is 1.18 bits per heavy atom. The molecule has 152 valence electrons. The Bertz CT molecular complexity index is 902. The Hall–Kier alpha value is -1.42. The Labute approximate surface area is 174 Å². The van der Waals surface area contributed by atoms with E-state index in [1.807, 2.05) is 41.5 Å². The number of carbonyl (C=O) groups excluding carboxylic acids is 1. The smallest absolute Gasteiger partial charge is 0.253 e. The maximum Gasteiger partial charge on any atom is 0.253 e. The van der Waals surface area contributed by atoms with Crippen molar-refractivity contribution >= 4 is 38.8 Å². The van der Waals surface area contributed by atoms with E-state index in [9.17, 15) is 13.2 Å². The Morgan fingerprint density at radius 3 is 2.43 bits per heavy atom. The zero-order valence-corrected chi connectivity index (χ0v) is 18.6. The standard InChI is InChI=1S/C19H25N3O3S3/c1-15-13-26-19(20-15)27-14-16-3-5-17(6-4-16)18(23)22-9-7-21(8-10-22)11-12-28(2,24)25/h3-6,13H,7-12,14H2,1-2H3. The van der Waals surface area contributed by atoms with Crippen molar-refractivity contribution in [3.8, 4) is 0 Å². The van der Waals surface area contributed by atoms with Crippen LogP contribution >= 0.6 is 23.1 Å². The SMILES string of the molecule is Cc1csc(SCc2ccc(C(=O)N3CCN(CCS(C)(=O)=O)CC3)cc2)n1. The number of thioether (sulfide) groups is 1. The van der Waals surface area contributed by atoms with E-state index in [1.165, 1.54) is 11.8 Å². The largest absolute Gasteiger partial charge is 0.336 e. The molecule has 1 amide bonds. The van der Waals surface area contributed by atoms with E-state index in [2.05, 4.69) is 9.88 Å².